The van der Waals surface area contributed by atoms with Gasteiger partial charge in [-0.15, -0.1) is 0 Å². The van der Waals surface area contributed by atoms with Crippen molar-refractivity contribution in [1.82, 2.24) is 0 Å². The standard InChI is InChI=1S/C15H28O4/c1-3-5-6-7-8-9-10-12-13(15(17)18)19-14(16)11-4-2/h13H,3-12H2,1-2H3,(H,17,18). The molecule has 0 aliphatic heterocycles. The van der Waals surface area contributed by atoms with Crippen LogP contribution in [-0.4, -0.2) is 23.1 Å². The highest BCUT2D eigenvalue weighted by Crippen LogP contribution is 2.12. The number of carbonyl (C=O) groups excluding carboxylic acids is 1. The summed E-state index contributed by atoms with van der Waals surface area (Å²) in [7, 11) is 0. The van der Waals surface area contributed by atoms with Crippen LogP contribution in [0.4, 0.5) is 0 Å². The molecule has 1 unspecified atom stereocenters. The second kappa shape index (κ2) is 12.0. The molecule has 0 saturated carbocycles. The van der Waals surface area contributed by atoms with E-state index in [1.807, 2.05) is 6.92 Å². The summed E-state index contributed by atoms with van der Waals surface area (Å²) in [6.45, 7) is 4.05. The normalized spacial score (nSPS) is 12.1. The van der Waals surface area contributed by atoms with Gasteiger partial charge in [0.05, 0.1) is 0 Å². The van der Waals surface area contributed by atoms with Crippen molar-refractivity contribution >= 4 is 11.9 Å². The Hall–Kier alpha value is -1.06. The van der Waals surface area contributed by atoms with Gasteiger partial charge >= 0.3 is 11.9 Å². The maximum Gasteiger partial charge on any atom is 0.345 e. The fourth-order valence-corrected chi connectivity index (χ4v) is 1.94. The van der Waals surface area contributed by atoms with E-state index in [2.05, 4.69) is 6.92 Å². The van der Waals surface area contributed by atoms with Crippen LogP contribution >= 0.6 is 0 Å². The number of carboxylic acids is 1. The molecule has 0 rings (SSSR count). The first-order valence-electron chi connectivity index (χ1n) is 7.54. The summed E-state index contributed by atoms with van der Waals surface area (Å²) >= 11 is 0. The van der Waals surface area contributed by atoms with E-state index in [1.165, 1.54) is 25.7 Å². The third-order valence-electron chi connectivity index (χ3n) is 3.07. The van der Waals surface area contributed by atoms with Crippen LogP contribution in [0.5, 0.6) is 0 Å². The quantitative estimate of drug-likeness (QED) is 0.432. The van der Waals surface area contributed by atoms with E-state index in [-0.39, 0.29) is 0 Å². The van der Waals surface area contributed by atoms with Crippen LogP contribution in [0.2, 0.25) is 0 Å². The minimum atomic E-state index is -1.03. The third kappa shape index (κ3) is 10.5. The van der Waals surface area contributed by atoms with Crippen LogP contribution in [-0.2, 0) is 14.3 Å². The second-order valence-corrected chi connectivity index (χ2v) is 4.98. The van der Waals surface area contributed by atoms with E-state index in [1.54, 1.807) is 0 Å². The van der Waals surface area contributed by atoms with Crippen LogP contribution in [0.15, 0.2) is 0 Å². The topological polar surface area (TPSA) is 63.6 Å². The van der Waals surface area contributed by atoms with Gasteiger partial charge in [-0.1, -0.05) is 52.4 Å². The minimum Gasteiger partial charge on any atom is -0.479 e. The van der Waals surface area contributed by atoms with E-state index >= 15 is 0 Å². The predicted molar refractivity (Wildman–Crippen MR) is 75.0 cm³/mol. The van der Waals surface area contributed by atoms with Crippen LogP contribution in [0.1, 0.15) is 78.1 Å². The zero-order valence-corrected chi connectivity index (χ0v) is 12.3. The monoisotopic (exact) mass is 272 g/mol. The number of carboxylic acid groups (broad SMARTS) is 1. The van der Waals surface area contributed by atoms with E-state index in [0.717, 1.165) is 19.3 Å². The molecule has 0 aliphatic rings. The second-order valence-electron chi connectivity index (χ2n) is 4.98. The van der Waals surface area contributed by atoms with Crippen molar-refractivity contribution in [3.63, 3.8) is 0 Å². The average molecular weight is 272 g/mol. The molecule has 0 aromatic rings. The summed E-state index contributed by atoms with van der Waals surface area (Å²) in [6.07, 6.45) is 8.36. The van der Waals surface area contributed by atoms with E-state index in [9.17, 15) is 9.59 Å². The van der Waals surface area contributed by atoms with Gasteiger partial charge in [-0.3, -0.25) is 4.79 Å². The first-order chi connectivity index (χ1) is 9.11. The Labute approximate surface area is 116 Å². The SMILES string of the molecule is CCCCCCCCCC(OC(=O)CCC)C(=O)O. The van der Waals surface area contributed by atoms with Gasteiger partial charge < -0.3 is 9.84 Å². The Morgan fingerprint density at radius 2 is 1.53 bits per heavy atom. The van der Waals surface area contributed by atoms with Crippen LogP contribution in [0.3, 0.4) is 0 Å². The zero-order valence-electron chi connectivity index (χ0n) is 12.3. The number of rotatable bonds is 12. The number of ether oxygens (including phenoxy) is 1. The molecule has 112 valence electrons. The molecule has 0 aromatic heterocycles. The highest BCUT2D eigenvalue weighted by molar-refractivity contribution is 5.77. The van der Waals surface area contributed by atoms with Crippen LogP contribution in [0.25, 0.3) is 0 Å². The Morgan fingerprint density at radius 1 is 0.947 bits per heavy atom. The van der Waals surface area contributed by atoms with E-state index in [0.29, 0.717) is 19.3 Å². The summed E-state index contributed by atoms with van der Waals surface area (Å²) < 4.78 is 4.96. The number of aliphatic carboxylic acids is 1. The van der Waals surface area contributed by atoms with Crippen molar-refractivity contribution in [2.24, 2.45) is 0 Å². The highest BCUT2D eigenvalue weighted by atomic mass is 16.6. The molecule has 0 saturated heterocycles. The number of esters is 1. The molecular formula is C15H28O4. The summed E-state index contributed by atoms with van der Waals surface area (Å²) in [6, 6.07) is 0. The summed E-state index contributed by atoms with van der Waals surface area (Å²) in [5, 5.41) is 8.99. The smallest absolute Gasteiger partial charge is 0.345 e. The maximum atomic E-state index is 11.3. The molecule has 0 heterocycles. The molecule has 4 heteroatoms. The fourth-order valence-electron chi connectivity index (χ4n) is 1.94. The Morgan fingerprint density at radius 3 is 2.05 bits per heavy atom. The zero-order chi connectivity index (χ0) is 14.5. The molecule has 4 nitrogen and oxygen atoms in total. The molecule has 0 spiro atoms. The van der Waals surface area contributed by atoms with Crippen molar-refractivity contribution in [3.05, 3.63) is 0 Å². The van der Waals surface area contributed by atoms with Gasteiger partial charge in [0.25, 0.3) is 0 Å². The fraction of sp³-hybridized carbons (Fsp3) is 0.867. The van der Waals surface area contributed by atoms with Gasteiger partial charge in [-0.2, -0.15) is 0 Å². The lowest BCUT2D eigenvalue weighted by Gasteiger charge is -2.13. The highest BCUT2D eigenvalue weighted by Gasteiger charge is 2.20. The average Bonchev–Trinajstić information content (AvgIpc) is 2.36. The van der Waals surface area contributed by atoms with Crippen molar-refractivity contribution in [1.29, 1.82) is 0 Å². The molecule has 19 heavy (non-hydrogen) atoms. The first-order valence-corrected chi connectivity index (χ1v) is 7.54. The molecule has 0 radical (unpaired) electrons. The Kier molecular flexibility index (Phi) is 11.3. The molecule has 0 aliphatic carbocycles. The van der Waals surface area contributed by atoms with Crippen molar-refractivity contribution in [2.45, 2.75) is 84.2 Å². The van der Waals surface area contributed by atoms with E-state index < -0.39 is 18.0 Å². The molecule has 1 atom stereocenters. The number of carbonyl (C=O) groups is 2. The summed E-state index contributed by atoms with van der Waals surface area (Å²) in [4.78, 5) is 22.2. The lowest BCUT2D eigenvalue weighted by Crippen LogP contribution is -2.26. The lowest BCUT2D eigenvalue weighted by molar-refractivity contribution is -0.164. The first kappa shape index (κ1) is 17.9. The Balaban J connectivity index is 3.71. The number of unbranched alkanes of at least 4 members (excludes halogenated alkanes) is 6. The van der Waals surface area contributed by atoms with Crippen LogP contribution < -0.4 is 0 Å². The van der Waals surface area contributed by atoms with Crippen LogP contribution in [0, 0.1) is 0 Å². The Bertz CT molecular complexity index is 251. The summed E-state index contributed by atoms with van der Waals surface area (Å²) in [5.74, 6) is -1.44. The van der Waals surface area contributed by atoms with Crippen molar-refractivity contribution < 1.29 is 19.4 Å². The van der Waals surface area contributed by atoms with Crippen molar-refractivity contribution in [2.75, 3.05) is 0 Å². The predicted octanol–water partition coefficient (Wildman–Crippen LogP) is 3.92. The largest absolute Gasteiger partial charge is 0.479 e. The molecular weight excluding hydrogens is 244 g/mol. The van der Waals surface area contributed by atoms with Gasteiger partial charge in [0.15, 0.2) is 6.10 Å². The molecule has 0 bridgehead atoms. The number of hydrogen-bond acceptors (Lipinski definition) is 3. The van der Waals surface area contributed by atoms with Gasteiger partial charge in [0.2, 0.25) is 0 Å². The minimum absolute atomic E-state index is 0.292. The summed E-state index contributed by atoms with van der Waals surface area (Å²) in [5.41, 5.74) is 0. The number of hydrogen-bond donors (Lipinski definition) is 1. The third-order valence-corrected chi connectivity index (χ3v) is 3.07. The van der Waals surface area contributed by atoms with Gasteiger partial charge in [0.1, 0.15) is 0 Å². The maximum absolute atomic E-state index is 11.3. The van der Waals surface area contributed by atoms with Gasteiger partial charge in [-0.05, 0) is 19.3 Å². The molecule has 1 N–H and O–H groups in total. The lowest BCUT2D eigenvalue weighted by atomic mass is 10.1. The van der Waals surface area contributed by atoms with Gasteiger partial charge in [-0.25, -0.2) is 4.79 Å². The van der Waals surface area contributed by atoms with E-state index in [4.69, 9.17) is 9.84 Å². The molecule has 0 amide bonds. The van der Waals surface area contributed by atoms with Crippen molar-refractivity contribution in [3.8, 4) is 0 Å². The molecule has 0 aromatic carbocycles. The molecule has 0 fully saturated rings. The van der Waals surface area contributed by atoms with Gasteiger partial charge in [0, 0.05) is 6.42 Å².